The molecule has 1 amide bonds. The number of nitrogens with one attached hydrogen (secondary N) is 1. The van der Waals surface area contributed by atoms with E-state index < -0.39 is 0 Å². The number of aryl methyl sites for hydroxylation is 1. The summed E-state index contributed by atoms with van der Waals surface area (Å²) in [6.45, 7) is 0. The van der Waals surface area contributed by atoms with Gasteiger partial charge in [-0.15, -0.1) is 11.6 Å². The smallest absolute Gasteiger partial charge is 0.255 e. The molecule has 4 heteroatoms. The van der Waals surface area contributed by atoms with Crippen molar-refractivity contribution in [3.05, 3.63) is 65.2 Å². The maximum absolute atomic E-state index is 12.1. The maximum Gasteiger partial charge on any atom is 0.255 e. The average molecular weight is 285 g/mol. The van der Waals surface area contributed by atoms with Gasteiger partial charge in [0, 0.05) is 17.1 Å². The Labute approximate surface area is 122 Å². The van der Waals surface area contributed by atoms with E-state index in [2.05, 4.69) is 5.32 Å². The number of carbonyl (C=O) groups excluding carboxylic acids is 1. The Morgan fingerprint density at radius 1 is 1.20 bits per heavy atom. The van der Waals surface area contributed by atoms with Crippen LogP contribution in [0.4, 0.5) is 5.69 Å². The van der Waals surface area contributed by atoms with Crippen LogP contribution in [0.3, 0.4) is 0 Å². The van der Waals surface area contributed by atoms with Crippen LogP contribution in [-0.2, 0) is 6.42 Å². The summed E-state index contributed by atoms with van der Waals surface area (Å²) in [7, 11) is 0. The van der Waals surface area contributed by atoms with E-state index in [1.165, 1.54) is 0 Å². The third-order valence-corrected chi connectivity index (χ3v) is 3.04. The van der Waals surface area contributed by atoms with Gasteiger partial charge in [0.15, 0.2) is 0 Å². The fraction of sp³-hybridized carbons (Fsp3) is 0.125. The largest absolute Gasteiger partial charge is 0.322 e. The number of nitriles is 1. The molecule has 0 fully saturated rings. The number of anilines is 1. The quantitative estimate of drug-likeness (QED) is 0.872. The molecule has 0 aliphatic heterocycles. The van der Waals surface area contributed by atoms with E-state index in [-0.39, 0.29) is 5.91 Å². The highest BCUT2D eigenvalue weighted by atomic mass is 35.5. The van der Waals surface area contributed by atoms with Crippen molar-refractivity contribution in [1.29, 1.82) is 5.26 Å². The molecule has 0 radical (unpaired) electrons. The number of nitrogens with zero attached hydrogens (tertiary/aromatic N) is 1. The maximum atomic E-state index is 12.1. The molecule has 1 N–H and O–H groups in total. The highest BCUT2D eigenvalue weighted by Crippen LogP contribution is 2.13. The molecule has 0 aliphatic rings. The van der Waals surface area contributed by atoms with Crippen molar-refractivity contribution in [2.24, 2.45) is 0 Å². The van der Waals surface area contributed by atoms with Crippen LogP contribution in [-0.4, -0.2) is 11.8 Å². The lowest BCUT2D eigenvalue weighted by atomic mass is 10.1. The van der Waals surface area contributed by atoms with E-state index in [4.69, 9.17) is 16.9 Å². The van der Waals surface area contributed by atoms with Crippen LogP contribution < -0.4 is 5.32 Å². The molecule has 0 aliphatic carbocycles. The van der Waals surface area contributed by atoms with Crippen LogP contribution in [0.5, 0.6) is 0 Å². The molecule has 20 heavy (non-hydrogen) atoms. The van der Waals surface area contributed by atoms with Crippen LogP contribution in [0.1, 0.15) is 21.5 Å². The molecule has 0 aromatic heterocycles. The third-order valence-electron chi connectivity index (χ3n) is 2.85. The monoisotopic (exact) mass is 284 g/mol. The molecule has 3 nitrogen and oxygen atoms in total. The third kappa shape index (κ3) is 3.59. The number of hydrogen-bond acceptors (Lipinski definition) is 2. The molecular weight excluding hydrogens is 272 g/mol. The highest BCUT2D eigenvalue weighted by molar-refractivity contribution is 6.18. The minimum absolute atomic E-state index is 0.229. The number of amides is 1. The first-order valence-electron chi connectivity index (χ1n) is 6.19. The zero-order valence-electron chi connectivity index (χ0n) is 10.8. The highest BCUT2D eigenvalue weighted by Gasteiger charge is 2.06. The van der Waals surface area contributed by atoms with Gasteiger partial charge in [-0.3, -0.25) is 4.79 Å². The fourth-order valence-electron chi connectivity index (χ4n) is 1.80. The molecule has 0 bridgehead atoms. The van der Waals surface area contributed by atoms with E-state index in [0.717, 1.165) is 17.7 Å². The van der Waals surface area contributed by atoms with Gasteiger partial charge in [0.1, 0.15) is 0 Å². The molecule has 0 unspecified atom stereocenters. The lowest BCUT2D eigenvalue weighted by Gasteiger charge is -2.06. The van der Waals surface area contributed by atoms with E-state index in [9.17, 15) is 4.79 Å². The van der Waals surface area contributed by atoms with Crippen molar-refractivity contribution < 1.29 is 4.79 Å². The van der Waals surface area contributed by atoms with Gasteiger partial charge < -0.3 is 5.32 Å². The molecule has 2 aromatic rings. The van der Waals surface area contributed by atoms with Gasteiger partial charge in [0.05, 0.1) is 11.6 Å². The molecule has 2 aromatic carbocycles. The molecule has 0 saturated heterocycles. The van der Waals surface area contributed by atoms with Crippen molar-refractivity contribution in [3.63, 3.8) is 0 Å². The van der Waals surface area contributed by atoms with Gasteiger partial charge >= 0.3 is 0 Å². The predicted molar refractivity (Wildman–Crippen MR) is 80.0 cm³/mol. The molecule has 100 valence electrons. The number of alkyl halides is 1. The summed E-state index contributed by atoms with van der Waals surface area (Å²) >= 11 is 5.67. The lowest BCUT2D eigenvalue weighted by molar-refractivity contribution is 0.102. The first-order chi connectivity index (χ1) is 9.72. The topological polar surface area (TPSA) is 52.9 Å². The molecular formula is C16H13ClN2O. The standard InChI is InChI=1S/C16H13ClN2O/c17-9-8-12-4-6-15(7-5-12)19-16(20)14-3-1-2-13(10-14)11-18/h1-7,10H,8-9H2,(H,19,20). The molecule has 2 rings (SSSR count). The SMILES string of the molecule is N#Cc1cccc(C(=O)Nc2ccc(CCCl)cc2)c1. The van der Waals surface area contributed by atoms with Crippen molar-refractivity contribution >= 4 is 23.2 Å². The van der Waals surface area contributed by atoms with Crippen LogP contribution >= 0.6 is 11.6 Å². The second kappa shape index (κ2) is 6.74. The van der Waals surface area contributed by atoms with Crippen LogP contribution in [0, 0.1) is 11.3 Å². The lowest BCUT2D eigenvalue weighted by Crippen LogP contribution is -2.11. The molecule has 0 saturated carbocycles. The van der Waals surface area contributed by atoms with Crippen molar-refractivity contribution in [1.82, 2.24) is 0 Å². The van der Waals surface area contributed by atoms with Crippen molar-refractivity contribution in [2.75, 3.05) is 11.2 Å². The van der Waals surface area contributed by atoms with E-state index in [1.807, 2.05) is 30.3 Å². The summed E-state index contributed by atoms with van der Waals surface area (Å²) in [5.74, 6) is 0.347. The van der Waals surface area contributed by atoms with E-state index in [1.54, 1.807) is 24.3 Å². The van der Waals surface area contributed by atoms with Crippen LogP contribution in [0.2, 0.25) is 0 Å². The van der Waals surface area contributed by atoms with Gasteiger partial charge in [0.25, 0.3) is 5.91 Å². The Balaban J connectivity index is 2.09. The predicted octanol–water partition coefficient (Wildman–Crippen LogP) is 3.59. The summed E-state index contributed by atoms with van der Waals surface area (Å²) in [5, 5.41) is 11.6. The van der Waals surface area contributed by atoms with Crippen LogP contribution in [0.25, 0.3) is 0 Å². The number of hydrogen-bond donors (Lipinski definition) is 1. The van der Waals surface area contributed by atoms with Crippen LogP contribution in [0.15, 0.2) is 48.5 Å². The number of rotatable bonds is 4. The summed E-state index contributed by atoms with van der Waals surface area (Å²) < 4.78 is 0. The minimum Gasteiger partial charge on any atom is -0.322 e. The number of carbonyl (C=O) groups is 1. The van der Waals surface area contributed by atoms with Crippen molar-refractivity contribution in [3.8, 4) is 6.07 Å². The zero-order valence-corrected chi connectivity index (χ0v) is 11.5. The summed E-state index contributed by atoms with van der Waals surface area (Å²) in [6.07, 6.45) is 0.806. The number of halogens is 1. The van der Waals surface area contributed by atoms with E-state index in [0.29, 0.717) is 17.0 Å². The van der Waals surface area contributed by atoms with Gasteiger partial charge in [-0.2, -0.15) is 5.26 Å². The summed E-state index contributed by atoms with van der Waals surface area (Å²) in [5.41, 5.74) is 2.78. The molecule has 0 heterocycles. The Morgan fingerprint density at radius 3 is 2.60 bits per heavy atom. The summed E-state index contributed by atoms with van der Waals surface area (Å²) in [6, 6.07) is 16.2. The number of benzene rings is 2. The first-order valence-corrected chi connectivity index (χ1v) is 6.73. The Bertz CT molecular complexity index is 644. The first kappa shape index (κ1) is 14.1. The second-order valence-electron chi connectivity index (χ2n) is 4.28. The average Bonchev–Trinajstić information content (AvgIpc) is 2.49. The normalized spacial score (nSPS) is 9.80. The molecule has 0 spiro atoms. The Morgan fingerprint density at radius 2 is 1.95 bits per heavy atom. The Hall–Kier alpha value is -2.31. The molecule has 0 atom stereocenters. The minimum atomic E-state index is -0.229. The van der Waals surface area contributed by atoms with Crippen molar-refractivity contribution in [2.45, 2.75) is 6.42 Å². The zero-order chi connectivity index (χ0) is 14.4. The Kier molecular flexibility index (Phi) is 4.75. The van der Waals surface area contributed by atoms with Gasteiger partial charge in [-0.25, -0.2) is 0 Å². The second-order valence-corrected chi connectivity index (χ2v) is 4.66. The van der Waals surface area contributed by atoms with Gasteiger partial charge in [-0.1, -0.05) is 18.2 Å². The van der Waals surface area contributed by atoms with Gasteiger partial charge in [-0.05, 0) is 42.3 Å². The fourth-order valence-corrected chi connectivity index (χ4v) is 2.02. The van der Waals surface area contributed by atoms with E-state index >= 15 is 0 Å². The van der Waals surface area contributed by atoms with Gasteiger partial charge in [0.2, 0.25) is 0 Å². The summed E-state index contributed by atoms with van der Waals surface area (Å²) in [4.78, 5) is 12.1.